The summed E-state index contributed by atoms with van der Waals surface area (Å²) in [5.74, 6) is 3.77. The third-order valence-corrected chi connectivity index (χ3v) is 6.05. The maximum atomic E-state index is 13.3. The van der Waals surface area contributed by atoms with Crippen LogP contribution in [-0.2, 0) is 14.3 Å². The van der Waals surface area contributed by atoms with Gasteiger partial charge in [-0.25, -0.2) is 0 Å². The maximum absolute atomic E-state index is 13.3. The number of aliphatic imine (C=N–C) groups is 1. The van der Waals surface area contributed by atoms with E-state index in [9.17, 15) is 19.2 Å². The van der Waals surface area contributed by atoms with E-state index in [1.54, 1.807) is 36.4 Å². The van der Waals surface area contributed by atoms with Gasteiger partial charge in [0, 0.05) is 38.8 Å². The van der Waals surface area contributed by atoms with Crippen molar-refractivity contribution in [2.45, 2.75) is 25.3 Å². The number of rotatable bonds is 7. The van der Waals surface area contributed by atoms with Crippen LogP contribution in [0, 0.1) is 5.92 Å². The molecule has 0 aliphatic carbocycles. The van der Waals surface area contributed by atoms with Crippen molar-refractivity contribution in [2.75, 3.05) is 38.3 Å². The summed E-state index contributed by atoms with van der Waals surface area (Å²) in [4.78, 5) is 57.1. The van der Waals surface area contributed by atoms with E-state index in [1.807, 2.05) is 0 Å². The van der Waals surface area contributed by atoms with E-state index in [0.717, 1.165) is 17.9 Å². The summed E-state index contributed by atoms with van der Waals surface area (Å²) in [6.07, 6.45) is 2.76. The Morgan fingerprint density at radius 1 is 1.27 bits per heavy atom. The number of fused-ring (bicyclic) bond motifs is 1. The van der Waals surface area contributed by atoms with Crippen molar-refractivity contribution >= 4 is 41.2 Å². The van der Waals surface area contributed by atoms with Crippen LogP contribution in [0.1, 0.15) is 40.0 Å². The van der Waals surface area contributed by atoms with E-state index in [1.165, 1.54) is 0 Å². The highest BCUT2D eigenvalue weighted by Crippen LogP contribution is 2.33. The predicted molar refractivity (Wildman–Crippen MR) is 120 cm³/mol. The van der Waals surface area contributed by atoms with Crippen LogP contribution in [0.5, 0.6) is 0 Å². The molecule has 0 radical (unpaired) electrons. The van der Waals surface area contributed by atoms with E-state index < -0.39 is 29.7 Å². The number of imide groups is 2. The van der Waals surface area contributed by atoms with E-state index >= 15 is 0 Å². The molecule has 2 fully saturated rings. The van der Waals surface area contributed by atoms with Crippen molar-refractivity contribution in [1.82, 2.24) is 10.2 Å². The van der Waals surface area contributed by atoms with Gasteiger partial charge in [0.15, 0.2) is 0 Å². The van der Waals surface area contributed by atoms with Crippen LogP contribution < -0.4 is 16.1 Å². The summed E-state index contributed by atoms with van der Waals surface area (Å²) in [7, 11) is 1.76. The number of hydrogen-bond donors (Lipinski definition) is 2. The van der Waals surface area contributed by atoms with Gasteiger partial charge in [0.1, 0.15) is 6.04 Å². The van der Waals surface area contributed by atoms with Crippen LogP contribution in [0.2, 0.25) is 0 Å². The number of carbonyl (C=O) groups is 4. The molecule has 3 aliphatic rings. The van der Waals surface area contributed by atoms with Gasteiger partial charge in [0.05, 0.1) is 35.7 Å². The number of hydrazone groups is 1. The first-order valence-corrected chi connectivity index (χ1v) is 10.8. The molecule has 2 atom stereocenters. The summed E-state index contributed by atoms with van der Waals surface area (Å²) in [6, 6.07) is 3.94. The normalized spacial score (nSPS) is 23.4. The molecule has 11 heteroatoms. The van der Waals surface area contributed by atoms with Gasteiger partial charge in [-0.1, -0.05) is 6.07 Å². The van der Waals surface area contributed by atoms with Crippen LogP contribution in [-0.4, -0.2) is 79.8 Å². The Morgan fingerprint density at radius 3 is 2.79 bits per heavy atom. The van der Waals surface area contributed by atoms with Crippen LogP contribution in [0.3, 0.4) is 0 Å². The third-order valence-electron chi connectivity index (χ3n) is 6.05. The fraction of sp³-hybridized carbons (Fsp3) is 0.455. The van der Waals surface area contributed by atoms with E-state index in [0.29, 0.717) is 30.5 Å². The summed E-state index contributed by atoms with van der Waals surface area (Å²) < 4.78 is 5.35. The molecule has 3 heterocycles. The molecule has 11 nitrogen and oxygen atoms in total. The average Bonchev–Trinajstić information content (AvgIpc) is 3.40. The molecule has 2 unspecified atom stereocenters. The van der Waals surface area contributed by atoms with Crippen molar-refractivity contribution in [2.24, 2.45) is 21.9 Å². The lowest BCUT2D eigenvalue weighted by atomic mass is 10.0. The smallest absolute Gasteiger partial charge is 0.264 e. The van der Waals surface area contributed by atoms with Crippen LogP contribution >= 0.6 is 0 Å². The third kappa shape index (κ3) is 4.49. The second-order valence-corrected chi connectivity index (χ2v) is 8.35. The van der Waals surface area contributed by atoms with Crippen molar-refractivity contribution in [3.63, 3.8) is 0 Å². The van der Waals surface area contributed by atoms with Crippen molar-refractivity contribution in [3.8, 4) is 0 Å². The molecule has 2 saturated heterocycles. The monoisotopic (exact) mass is 454 g/mol. The Balaban J connectivity index is 1.51. The van der Waals surface area contributed by atoms with Gasteiger partial charge < -0.3 is 15.5 Å². The molecule has 3 aliphatic heterocycles. The number of ether oxygens (including phenoxy) is 1. The molecule has 3 N–H and O–H groups in total. The molecular formula is C22H26N6O5. The van der Waals surface area contributed by atoms with Gasteiger partial charge >= 0.3 is 0 Å². The van der Waals surface area contributed by atoms with Gasteiger partial charge in [-0.15, -0.1) is 0 Å². The minimum absolute atomic E-state index is 0.0687. The Labute approximate surface area is 190 Å². The number of nitrogens with zero attached hydrogens (tertiary/aromatic N) is 4. The van der Waals surface area contributed by atoms with Crippen LogP contribution in [0.15, 0.2) is 28.3 Å². The molecule has 0 spiro atoms. The Kier molecular flexibility index (Phi) is 6.50. The van der Waals surface area contributed by atoms with E-state index in [4.69, 9.17) is 10.6 Å². The lowest BCUT2D eigenvalue weighted by Gasteiger charge is -2.28. The Bertz CT molecular complexity index is 1050. The molecule has 4 rings (SSSR count). The SMILES string of the molecule is CN(C/C(C=NCC1CCOC1)=N/N)c1cccc2c1C(=O)N(C1CCC(=O)NC1=O)C2=O. The fourth-order valence-electron chi connectivity index (χ4n) is 4.29. The Morgan fingerprint density at radius 2 is 2.09 bits per heavy atom. The standard InChI is InChI=1S/C22H26N6O5/c1-27(11-14(26-23)10-24-9-13-7-8-33-12-13)16-4-2-3-15-19(16)22(32)28(21(15)31)17-5-6-18(29)25-20(17)30/h2-4,10,13,17H,5-9,11-12,23H2,1H3,(H,25,29,30)/b24-10?,26-14+. The van der Waals surface area contributed by atoms with E-state index in [2.05, 4.69) is 15.4 Å². The van der Waals surface area contributed by atoms with Crippen molar-refractivity contribution in [1.29, 1.82) is 0 Å². The number of carbonyl (C=O) groups excluding carboxylic acids is 4. The Hall–Kier alpha value is -3.60. The summed E-state index contributed by atoms with van der Waals surface area (Å²) in [6.45, 7) is 2.33. The van der Waals surface area contributed by atoms with Gasteiger partial charge in [-0.2, -0.15) is 5.10 Å². The van der Waals surface area contributed by atoms with Crippen molar-refractivity contribution in [3.05, 3.63) is 29.3 Å². The largest absolute Gasteiger partial charge is 0.381 e. The van der Waals surface area contributed by atoms with Crippen LogP contribution in [0.25, 0.3) is 0 Å². The number of piperidine rings is 1. The number of anilines is 1. The minimum Gasteiger partial charge on any atom is -0.381 e. The zero-order valence-electron chi connectivity index (χ0n) is 18.3. The lowest BCUT2D eigenvalue weighted by Crippen LogP contribution is -2.54. The summed E-state index contributed by atoms with van der Waals surface area (Å²) in [5.41, 5.74) is 1.45. The average molecular weight is 454 g/mol. The van der Waals surface area contributed by atoms with Gasteiger partial charge in [0.25, 0.3) is 11.8 Å². The highest BCUT2D eigenvalue weighted by atomic mass is 16.5. The first-order chi connectivity index (χ1) is 15.9. The lowest BCUT2D eigenvalue weighted by molar-refractivity contribution is -0.136. The predicted octanol–water partition coefficient (Wildman–Crippen LogP) is -0.0540. The highest BCUT2D eigenvalue weighted by Gasteiger charge is 2.45. The number of amides is 4. The number of nitrogens with two attached hydrogens (primary N) is 1. The number of benzene rings is 1. The van der Waals surface area contributed by atoms with Gasteiger partial charge in [-0.05, 0) is 25.0 Å². The fourth-order valence-corrected chi connectivity index (χ4v) is 4.29. The molecule has 4 amide bonds. The second-order valence-electron chi connectivity index (χ2n) is 8.35. The molecule has 174 valence electrons. The van der Waals surface area contributed by atoms with E-state index in [-0.39, 0.29) is 30.5 Å². The molecular weight excluding hydrogens is 428 g/mol. The highest BCUT2D eigenvalue weighted by molar-refractivity contribution is 6.32. The molecule has 0 saturated carbocycles. The summed E-state index contributed by atoms with van der Waals surface area (Å²) >= 11 is 0. The van der Waals surface area contributed by atoms with Gasteiger partial charge in [0.2, 0.25) is 11.8 Å². The molecule has 0 aromatic heterocycles. The molecule has 1 aromatic carbocycles. The minimum atomic E-state index is -1.01. The van der Waals surface area contributed by atoms with Gasteiger partial charge in [-0.3, -0.25) is 34.4 Å². The first-order valence-electron chi connectivity index (χ1n) is 10.8. The molecule has 1 aromatic rings. The zero-order chi connectivity index (χ0) is 23.5. The molecule has 33 heavy (non-hydrogen) atoms. The zero-order valence-corrected chi connectivity index (χ0v) is 18.3. The topological polar surface area (TPSA) is 147 Å². The quantitative estimate of drug-likeness (QED) is 0.254. The maximum Gasteiger partial charge on any atom is 0.264 e. The number of nitrogens with one attached hydrogen (secondary N) is 1. The number of hydrogen-bond acceptors (Lipinski definition) is 9. The molecule has 0 bridgehead atoms. The second kappa shape index (κ2) is 9.49. The first kappa shape index (κ1) is 22.6. The summed E-state index contributed by atoms with van der Waals surface area (Å²) in [5, 5.41) is 6.00. The van der Waals surface area contributed by atoms with Crippen LogP contribution in [0.4, 0.5) is 5.69 Å². The van der Waals surface area contributed by atoms with Crippen molar-refractivity contribution < 1.29 is 23.9 Å².